The van der Waals surface area contributed by atoms with E-state index < -0.39 is 0 Å². The smallest absolute Gasteiger partial charge is 0.0667 e. The molecule has 4 rings (SSSR count). The van der Waals surface area contributed by atoms with Crippen molar-refractivity contribution >= 4 is 0 Å². The van der Waals surface area contributed by atoms with Gasteiger partial charge in [-0.2, -0.15) is 0 Å². The van der Waals surface area contributed by atoms with Crippen LogP contribution >= 0.6 is 0 Å². The Kier molecular flexibility index (Phi) is 4.39. The zero-order valence-electron chi connectivity index (χ0n) is 14.1. The summed E-state index contributed by atoms with van der Waals surface area (Å²) in [5, 5.41) is 0. The molecule has 118 valence electrons. The summed E-state index contributed by atoms with van der Waals surface area (Å²) >= 11 is 0. The Morgan fingerprint density at radius 1 is 0.500 bits per heavy atom. The minimum absolute atomic E-state index is 0.921. The Bertz CT molecular complexity index is 1060. The Balaban J connectivity index is 1.49. The largest absolute Gasteiger partial charge is 0.104 e. The van der Waals surface area contributed by atoms with Gasteiger partial charge in [0.25, 0.3) is 0 Å². The Morgan fingerprint density at radius 3 is 1.27 bits per heavy atom. The quantitative estimate of drug-likeness (QED) is 0.489. The van der Waals surface area contributed by atoms with Crippen LogP contribution in [0.2, 0.25) is 0 Å². The molecule has 0 bridgehead atoms. The van der Waals surface area contributed by atoms with Crippen molar-refractivity contribution in [3.63, 3.8) is 0 Å². The maximum Gasteiger partial charge on any atom is 0.0667 e. The first kappa shape index (κ1) is 15.6. The fraction of sp³-hybridized carbons (Fsp3) is 0. The van der Waals surface area contributed by atoms with E-state index in [0.29, 0.717) is 0 Å². The van der Waals surface area contributed by atoms with Gasteiger partial charge in [0.1, 0.15) is 0 Å². The number of hydrogen-bond acceptors (Lipinski definition) is 0. The second kappa shape index (κ2) is 7.32. The van der Waals surface area contributed by atoms with Gasteiger partial charge in [0.2, 0.25) is 0 Å². The minimum Gasteiger partial charge on any atom is -0.104 e. The van der Waals surface area contributed by atoms with E-state index in [1.54, 1.807) is 0 Å². The SMILES string of the molecule is C1=CC=CC=1C#Cc1ccc(-c2ccc(C#CC3=C=CC=C3)cc2)cc1. The van der Waals surface area contributed by atoms with Crippen LogP contribution in [0.4, 0.5) is 0 Å². The number of benzene rings is 2. The van der Waals surface area contributed by atoms with Crippen LogP contribution in [-0.2, 0) is 0 Å². The third kappa shape index (κ3) is 3.76. The maximum absolute atomic E-state index is 3.16. The molecule has 0 amide bonds. The summed E-state index contributed by atoms with van der Waals surface area (Å²) in [6.07, 6.45) is 11.6. The number of hydrogen-bond donors (Lipinski definition) is 0. The van der Waals surface area contributed by atoms with Crippen LogP contribution in [-0.4, -0.2) is 0 Å². The normalized spacial score (nSPS) is 12.9. The monoisotopic (exact) mass is 326 g/mol. The first-order chi connectivity index (χ1) is 12.9. The van der Waals surface area contributed by atoms with Crippen molar-refractivity contribution in [2.24, 2.45) is 0 Å². The van der Waals surface area contributed by atoms with Crippen LogP contribution in [0.5, 0.6) is 0 Å². The van der Waals surface area contributed by atoms with Crippen molar-refractivity contribution in [2.75, 3.05) is 0 Å². The predicted molar refractivity (Wildman–Crippen MR) is 107 cm³/mol. The molecule has 0 N–H and O–H groups in total. The molecular weight excluding hydrogens is 312 g/mol. The molecule has 0 radical (unpaired) electrons. The number of rotatable bonds is 1. The summed E-state index contributed by atoms with van der Waals surface area (Å²) in [6.45, 7) is 0. The number of allylic oxidation sites excluding steroid dienone is 6. The molecule has 0 heteroatoms. The van der Waals surface area contributed by atoms with Crippen LogP contribution in [0.15, 0.2) is 108 Å². The van der Waals surface area contributed by atoms with Gasteiger partial charge in [-0.3, -0.25) is 0 Å². The van der Waals surface area contributed by atoms with Gasteiger partial charge in [0.15, 0.2) is 0 Å². The van der Waals surface area contributed by atoms with Crippen molar-refractivity contribution in [3.05, 3.63) is 119 Å². The molecule has 0 atom stereocenters. The van der Waals surface area contributed by atoms with Gasteiger partial charge in [0, 0.05) is 11.1 Å². The van der Waals surface area contributed by atoms with Gasteiger partial charge >= 0.3 is 0 Å². The molecule has 2 aromatic carbocycles. The molecule has 0 spiro atoms. The van der Waals surface area contributed by atoms with Gasteiger partial charge in [0.05, 0.1) is 11.1 Å². The molecule has 0 heterocycles. The fourth-order valence-electron chi connectivity index (χ4n) is 2.59. The highest BCUT2D eigenvalue weighted by Crippen LogP contribution is 2.20. The molecule has 0 saturated heterocycles. The molecule has 2 aromatic rings. The third-order valence-electron chi connectivity index (χ3n) is 3.98. The van der Waals surface area contributed by atoms with E-state index in [0.717, 1.165) is 22.3 Å². The van der Waals surface area contributed by atoms with Crippen LogP contribution in [0.25, 0.3) is 11.1 Å². The lowest BCUT2D eigenvalue weighted by atomic mass is 10.0. The summed E-state index contributed by atoms with van der Waals surface area (Å²) < 4.78 is 0. The van der Waals surface area contributed by atoms with Crippen LogP contribution in [0.3, 0.4) is 0 Å². The van der Waals surface area contributed by atoms with Gasteiger partial charge in [-0.05, 0) is 59.7 Å². The van der Waals surface area contributed by atoms with Crippen LogP contribution in [0.1, 0.15) is 11.1 Å². The van der Waals surface area contributed by atoms with Gasteiger partial charge in [-0.15, -0.1) is 11.5 Å². The zero-order chi connectivity index (χ0) is 17.6. The molecule has 0 aromatic heterocycles. The van der Waals surface area contributed by atoms with E-state index >= 15 is 0 Å². The van der Waals surface area contributed by atoms with Crippen LogP contribution in [0, 0.1) is 23.7 Å². The van der Waals surface area contributed by atoms with Crippen molar-refractivity contribution < 1.29 is 0 Å². The maximum atomic E-state index is 3.16. The lowest BCUT2D eigenvalue weighted by molar-refractivity contribution is 1.57. The molecule has 0 saturated carbocycles. The van der Waals surface area contributed by atoms with E-state index in [1.807, 2.05) is 60.7 Å². The summed E-state index contributed by atoms with van der Waals surface area (Å²) in [6, 6.07) is 16.6. The van der Waals surface area contributed by atoms with E-state index in [1.165, 1.54) is 11.1 Å². The lowest BCUT2D eigenvalue weighted by Gasteiger charge is -2.02. The molecule has 0 fully saturated rings. The lowest BCUT2D eigenvalue weighted by Crippen LogP contribution is -1.81. The second-order valence-corrected chi connectivity index (χ2v) is 5.82. The average molecular weight is 326 g/mol. The molecular formula is C26H14. The highest BCUT2D eigenvalue weighted by molar-refractivity contribution is 5.65. The van der Waals surface area contributed by atoms with E-state index in [4.69, 9.17) is 0 Å². The molecule has 0 nitrogen and oxygen atoms in total. The summed E-state index contributed by atoms with van der Waals surface area (Å²) in [7, 11) is 0. The Hall–Kier alpha value is -3.92. The van der Waals surface area contributed by atoms with E-state index in [-0.39, 0.29) is 0 Å². The fourth-order valence-corrected chi connectivity index (χ4v) is 2.59. The first-order valence-electron chi connectivity index (χ1n) is 8.38. The molecule has 0 aliphatic heterocycles. The highest BCUT2D eigenvalue weighted by atomic mass is 14.0. The topological polar surface area (TPSA) is 0 Å². The standard InChI is InChI=1S/C26H14/c1-2-6-21(5-1)9-11-23-13-17-25(18-14-23)26-19-15-24(16-20-26)12-10-22-7-3-4-8-22/h1-5,7,13-20H. The van der Waals surface area contributed by atoms with Crippen molar-refractivity contribution in [1.29, 1.82) is 0 Å². The van der Waals surface area contributed by atoms with Crippen molar-refractivity contribution in [2.45, 2.75) is 0 Å². The van der Waals surface area contributed by atoms with Crippen molar-refractivity contribution in [3.8, 4) is 34.8 Å². The predicted octanol–water partition coefficient (Wildman–Crippen LogP) is 5.36. The van der Waals surface area contributed by atoms with Gasteiger partial charge in [-0.25, -0.2) is 0 Å². The van der Waals surface area contributed by atoms with E-state index in [2.05, 4.69) is 59.4 Å². The third-order valence-corrected chi connectivity index (χ3v) is 3.98. The van der Waals surface area contributed by atoms with Crippen molar-refractivity contribution in [1.82, 2.24) is 0 Å². The first-order valence-corrected chi connectivity index (χ1v) is 8.38. The van der Waals surface area contributed by atoms with Gasteiger partial charge < -0.3 is 0 Å². The summed E-state index contributed by atoms with van der Waals surface area (Å²) in [5.74, 6) is 12.5. The molecule has 2 aliphatic carbocycles. The summed E-state index contributed by atoms with van der Waals surface area (Å²) in [5.41, 5.74) is 12.3. The molecule has 2 aliphatic rings. The van der Waals surface area contributed by atoms with Crippen LogP contribution < -0.4 is 0 Å². The highest BCUT2D eigenvalue weighted by Gasteiger charge is 1.98. The average Bonchev–Trinajstić information content (AvgIpc) is 3.40. The Morgan fingerprint density at radius 2 is 0.923 bits per heavy atom. The Labute approximate surface area is 153 Å². The summed E-state index contributed by atoms with van der Waals surface area (Å²) in [4.78, 5) is 0. The molecule has 26 heavy (non-hydrogen) atoms. The minimum atomic E-state index is 0.921. The van der Waals surface area contributed by atoms with Gasteiger partial charge in [-0.1, -0.05) is 60.1 Å². The van der Waals surface area contributed by atoms with E-state index in [9.17, 15) is 0 Å². The zero-order valence-corrected chi connectivity index (χ0v) is 14.1. The molecule has 0 unspecified atom stereocenters. The second-order valence-electron chi connectivity index (χ2n) is 5.82.